The van der Waals surface area contributed by atoms with Crippen molar-refractivity contribution in [3.8, 4) is 11.5 Å². The number of aromatic nitrogens is 1. The third kappa shape index (κ3) is 8.41. The molecule has 7 nitrogen and oxygen atoms in total. The smallest absolute Gasteiger partial charge is 0.416 e. The summed E-state index contributed by atoms with van der Waals surface area (Å²) < 4.78 is 52.0. The van der Waals surface area contributed by atoms with Crippen LogP contribution in [0.4, 0.5) is 24.0 Å². The number of hydrazone groups is 1. The number of ether oxygens (including phenoxy) is 2. The van der Waals surface area contributed by atoms with Crippen LogP contribution in [0.25, 0.3) is 0 Å². The van der Waals surface area contributed by atoms with E-state index in [-0.39, 0.29) is 12.1 Å². The first kappa shape index (κ1) is 29.8. The van der Waals surface area contributed by atoms with Gasteiger partial charge in [0.05, 0.1) is 35.5 Å². The maximum Gasteiger partial charge on any atom is 0.416 e. The normalized spacial score (nSPS) is 11.4. The summed E-state index contributed by atoms with van der Waals surface area (Å²) in [4.78, 5) is 16.6. The Labute approximate surface area is 254 Å². The van der Waals surface area contributed by atoms with Gasteiger partial charge in [0.1, 0.15) is 6.61 Å². The van der Waals surface area contributed by atoms with Crippen molar-refractivity contribution in [3.63, 3.8) is 0 Å². The zero-order valence-corrected chi connectivity index (χ0v) is 25.3. The quantitative estimate of drug-likeness (QED) is 0.0996. The van der Waals surface area contributed by atoms with Crippen molar-refractivity contribution in [2.45, 2.75) is 19.2 Å². The summed E-state index contributed by atoms with van der Waals surface area (Å²) in [5, 5.41) is 8.86. The number of carbonyl (C=O) groups excluding carboxylic acids is 1. The van der Waals surface area contributed by atoms with Gasteiger partial charge in [-0.3, -0.25) is 4.79 Å². The fraction of sp³-hybridized carbons (Fsp3) is 0.148. The monoisotopic (exact) mass is 744 g/mol. The van der Waals surface area contributed by atoms with Crippen molar-refractivity contribution in [1.82, 2.24) is 10.4 Å². The number of alkyl halides is 3. The van der Waals surface area contributed by atoms with E-state index in [0.717, 1.165) is 21.3 Å². The van der Waals surface area contributed by atoms with Crippen molar-refractivity contribution in [3.05, 3.63) is 96.5 Å². The molecule has 40 heavy (non-hydrogen) atoms. The standard InChI is InChI=1S/C27H21BrF3IN4O3S/c1-38-23-10-17(9-22(28)25(23)39-14-16-5-7-19(32)8-6-16)13-33-36-24(37)12-21-15-40-26(35-21)34-20-4-2-3-18(11-20)27(29,30)31/h2-11,13,15H,12,14H2,1H3,(H,34,35)(H,36,37)/b33-13-. The molecule has 0 unspecified atom stereocenters. The van der Waals surface area contributed by atoms with E-state index in [4.69, 9.17) is 9.47 Å². The second kappa shape index (κ2) is 13.5. The molecule has 4 aromatic rings. The SMILES string of the molecule is COc1cc(/C=N\NC(=O)Cc2csc(Nc3cccc(C(F)(F)F)c3)n2)cc(Br)c1OCc1ccc(I)cc1. The van der Waals surface area contributed by atoms with Crippen LogP contribution in [0, 0.1) is 3.57 Å². The van der Waals surface area contributed by atoms with Crippen LogP contribution in [-0.4, -0.2) is 24.2 Å². The number of nitrogens with one attached hydrogen (secondary N) is 2. The van der Waals surface area contributed by atoms with Crippen molar-refractivity contribution >= 4 is 72.8 Å². The summed E-state index contributed by atoms with van der Waals surface area (Å²) in [5.74, 6) is 0.631. The van der Waals surface area contributed by atoms with Gasteiger partial charge in [0, 0.05) is 14.6 Å². The van der Waals surface area contributed by atoms with Gasteiger partial charge in [-0.2, -0.15) is 18.3 Å². The number of thiazole rings is 1. The van der Waals surface area contributed by atoms with Crippen molar-refractivity contribution in [1.29, 1.82) is 0 Å². The summed E-state index contributed by atoms with van der Waals surface area (Å²) in [6, 6.07) is 16.3. The molecule has 0 saturated carbocycles. The Hall–Kier alpha value is -3.17. The fourth-order valence-corrected chi connectivity index (χ4v) is 5.08. The van der Waals surface area contributed by atoms with Crippen LogP contribution >= 0.6 is 49.9 Å². The lowest BCUT2D eigenvalue weighted by atomic mass is 10.2. The van der Waals surface area contributed by atoms with E-state index in [1.807, 2.05) is 24.3 Å². The van der Waals surface area contributed by atoms with Crippen LogP contribution in [0.5, 0.6) is 11.5 Å². The molecule has 0 radical (unpaired) electrons. The van der Waals surface area contributed by atoms with Gasteiger partial charge in [-0.1, -0.05) is 18.2 Å². The molecule has 0 aliphatic rings. The predicted molar refractivity (Wildman–Crippen MR) is 160 cm³/mol. The Morgan fingerprint density at radius 1 is 1.18 bits per heavy atom. The highest BCUT2D eigenvalue weighted by molar-refractivity contribution is 14.1. The Balaban J connectivity index is 1.32. The average Bonchev–Trinajstić information content (AvgIpc) is 3.34. The van der Waals surface area contributed by atoms with Gasteiger partial charge in [-0.25, -0.2) is 10.4 Å². The summed E-state index contributed by atoms with van der Waals surface area (Å²) in [5.41, 5.74) is 4.06. The first-order valence-corrected chi connectivity index (χ1v) is 14.3. The van der Waals surface area contributed by atoms with E-state index in [1.54, 1.807) is 17.5 Å². The zero-order valence-electron chi connectivity index (χ0n) is 20.8. The first-order chi connectivity index (χ1) is 19.1. The van der Waals surface area contributed by atoms with Gasteiger partial charge in [0.2, 0.25) is 5.91 Å². The van der Waals surface area contributed by atoms with Crippen LogP contribution in [0.3, 0.4) is 0 Å². The molecule has 13 heteroatoms. The van der Waals surface area contributed by atoms with Crippen LogP contribution in [0.2, 0.25) is 0 Å². The summed E-state index contributed by atoms with van der Waals surface area (Å²) in [7, 11) is 1.53. The number of hydrogen-bond acceptors (Lipinski definition) is 7. The van der Waals surface area contributed by atoms with Gasteiger partial charge in [0.15, 0.2) is 16.6 Å². The number of carbonyl (C=O) groups is 1. The largest absolute Gasteiger partial charge is 0.493 e. The molecule has 1 amide bonds. The molecule has 3 aromatic carbocycles. The Morgan fingerprint density at radius 3 is 2.67 bits per heavy atom. The van der Waals surface area contributed by atoms with E-state index >= 15 is 0 Å². The van der Waals surface area contributed by atoms with Gasteiger partial charge >= 0.3 is 6.18 Å². The molecule has 208 valence electrons. The predicted octanol–water partition coefficient (Wildman–Crippen LogP) is 7.55. The van der Waals surface area contributed by atoms with Gasteiger partial charge in [-0.05, 0) is 92.1 Å². The van der Waals surface area contributed by atoms with E-state index in [2.05, 4.69) is 59.3 Å². The van der Waals surface area contributed by atoms with Gasteiger partial charge in [-0.15, -0.1) is 11.3 Å². The Bertz CT molecular complexity index is 1510. The molecule has 0 aliphatic carbocycles. The lowest BCUT2D eigenvalue weighted by molar-refractivity contribution is -0.137. The first-order valence-electron chi connectivity index (χ1n) is 11.6. The number of halogens is 5. The molecular weight excluding hydrogens is 724 g/mol. The topological polar surface area (TPSA) is 84.8 Å². The minimum absolute atomic E-state index is 0.0591. The fourth-order valence-electron chi connectivity index (χ4n) is 3.42. The molecule has 0 bridgehead atoms. The second-order valence-electron chi connectivity index (χ2n) is 8.27. The summed E-state index contributed by atoms with van der Waals surface area (Å²) >= 11 is 6.92. The third-order valence-electron chi connectivity index (χ3n) is 5.29. The number of nitrogens with zero attached hydrogens (tertiary/aromatic N) is 2. The van der Waals surface area contributed by atoms with Crippen LogP contribution < -0.4 is 20.2 Å². The van der Waals surface area contributed by atoms with Crippen LogP contribution in [-0.2, 0) is 24.0 Å². The molecule has 2 N–H and O–H groups in total. The average molecular weight is 745 g/mol. The third-order valence-corrected chi connectivity index (χ3v) is 7.40. The van der Waals surface area contributed by atoms with Crippen molar-refractivity contribution in [2.75, 3.05) is 12.4 Å². The van der Waals surface area contributed by atoms with E-state index in [9.17, 15) is 18.0 Å². The molecule has 0 saturated heterocycles. The zero-order chi connectivity index (χ0) is 28.7. The summed E-state index contributed by atoms with van der Waals surface area (Å²) in [6.45, 7) is 0.364. The maximum absolute atomic E-state index is 12.9. The van der Waals surface area contributed by atoms with Gasteiger partial charge in [0.25, 0.3) is 0 Å². The molecule has 0 aliphatic heterocycles. The minimum Gasteiger partial charge on any atom is -0.493 e. The van der Waals surface area contributed by atoms with E-state index in [1.165, 1.54) is 36.8 Å². The number of methoxy groups -OCH3 is 1. The Kier molecular flexibility index (Phi) is 10.0. The number of benzene rings is 3. The lowest BCUT2D eigenvalue weighted by Crippen LogP contribution is -2.20. The maximum atomic E-state index is 12.9. The second-order valence-corrected chi connectivity index (χ2v) is 11.2. The molecule has 1 aromatic heterocycles. The molecular formula is C27H21BrF3IN4O3S. The minimum atomic E-state index is -4.44. The molecule has 0 spiro atoms. The molecule has 4 rings (SSSR count). The summed E-state index contributed by atoms with van der Waals surface area (Å²) in [6.07, 6.45) is -3.03. The Morgan fingerprint density at radius 2 is 1.95 bits per heavy atom. The van der Waals surface area contributed by atoms with Crippen molar-refractivity contribution in [2.24, 2.45) is 5.10 Å². The highest BCUT2D eigenvalue weighted by Gasteiger charge is 2.30. The molecule has 1 heterocycles. The van der Waals surface area contributed by atoms with Crippen molar-refractivity contribution < 1.29 is 27.4 Å². The number of amides is 1. The molecule has 0 fully saturated rings. The number of rotatable bonds is 10. The van der Waals surface area contributed by atoms with E-state index in [0.29, 0.717) is 39.0 Å². The number of anilines is 2. The van der Waals surface area contributed by atoms with E-state index < -0.39 is 17.6 Å². The number of hydrogen-bond donors (Lipinski definition) is 2. The van der Waals surface area contributed by atoms with Gasteiger partial charge < -0.3 is 14.8 Å². The highest BCUT2D eigenvalue weighted by Crippen LogP contribution is 2.37. The molecule has 0 atom stereocenters. The highest BCUT2D eigenvalue weighted by atomic mass is 127. The lowest BCUT2D eigenvalue weighted by Gasteiger charge is -2.13. The van der Waals surface area contributed by atoms with Crippen LogP contribution in [0.1, 0.15) is 22.4 Å². The van der Waals surface area contributed by atoms with Crippen LogP contribution in [0.15, 0.2) is 75.6 Å².